The molecular formula is C14H17N3O3S. The molecule has 2 aromatic rings. The van der Waals surface area contributed by atoms with Gasteiger partial charge in [-0.05, 0) is 24.3 Å². The van der Waals surface area contributed by atoms with E-state index in [0.29, 0.717) is 11.5 Å². The minimum Gasteiger partial charge on any atom is -0.384 e. The van der Waals surface area contributed by atoms with E-state index < -0.39 is 10.0 Å². The second-order valence-electron chi connectivity index (χ2n) is 4.30. The first-order chi connectivity index (χ1) is 10.1. The molecule has 1 aromatic heterocycles. The Kier molecular flexibility index (Phi) is 5.13. The molecule has 21 heavy (non-hydrogen) atoms. The highest BCUT2D eigenvalue weighted by molar-refractivity contribution is 7.92. The number of nitrogens with one attached hydrogen (secondary N) is 2. The van der Waals surface area contributed by atoms with Crippen LogP contribution in [0.4, 0.5) is 17.2 Å². The summed E-state index contributed by atoms with van der Waals surface area (Å²) in [6, 6.07) is 12.7. The average Bonchev–Trinajstić information content (AvgIpc) is 2.48. The predicted octanol–water partition coefficient (Wildman–Crippen LogP) is 2.21. The quantitative estimate of drug-likeness (QED) is 0.820. The van der Waals surface area contributed by atoms with Gasteiger partial charge in [0.2, 0.25) is 10.0 Å². The Morgan fingerprint density at radius 1 is 1.14 bits per heavy atom. The van der Waals surface area contributed by atoms with E-state index in [2.05, 4.69) is 15.0 Å². The standard InChI is InChI=1S/C14H17N3O3S/c1-20-10-11-21(18,19)17-13-8-5-9-15-14(13)16-12-6-3-2-4-7-12/h2-9,17H,10-11H2,1H3,(H,15,16). The SMILES string of the molecule is COCCS(=O)(=O)Nc1cccnc1Nc1ccccc1. The van der Waals surface area contributed by atoms with Crippen molar-refractivity contribution in [1.29, 1.82) is 0 Å². The highest BCUT2D eigenvalue weighted by Gasteiger charge is 2.13. The second-order valence-corrected chi connectivity index (χ2v) is 6.15. The molecule has 0 amide bonds. The van der Waals surface area contributed by atoms with Crippen molar-refractivity contribution in [3.63, 3.8) is 0 Å². The van der Waals surface area contributed by atoms with Crippen LogP contribution in [0, 0.1) is 0 Å². The fraction of sp³-hybridized carbons (Fsp3) is 0.214. The Labute approximate surface area is 124 Å². The first kappa shape index (κ1) is 15.3. The van der Waals surface area contributed by atoms with Crippen molar-refractivity contribution >= 4 is 27.2 Å². The van der Waals surface area contributed by atoms with Crippen molar-refractivity contribution in [2.24, 2.45) is 0 Å². The third kappa shape index (κ3) is 4.73. The number of aromatic nitrogens is 1. The Hall–Kier alpha value is -2.12. The number of hydrogen-bond acceptors (Lipinski definition) is 5. The number of nitrogens with zero attached hydrogens (tertiary/aromatic N) is 1. The monoisotopic (exact) mass is 307 g/mol. The van der Waals surface area contributed by atoms with Crippen molar-refractivity contribution in [2.75, 3.05) is 29.5 Å². The van der Waals surface area contributed by atoms with Gasteiger partial charge >= 0.3 is 0 Å². The Morgan fingerprint density at radius 3 is 2.62 bits per heavy atom. The van der Waals surface area contributed by atoms with Gasteiger partial charge in [-0.1, -0.05) is 18.2 Å². The molecular weight excluding hydrogens is 290 g/mol. The van der Waals surface area contributed by atoms with Gasteiger partial charge in [-0.3, -0.25) is 4.72 Å². The third-order valence-corrected chi connectivity index (χ3v) is 3.90. The van der Waals surface area contributed by atoms with Crippen LogP contribution in [0.1, 0.15) is 0 Å². The molecule has 0 radical (unpaired) electrons. The molecule has 1 aromatic carbocycles. The van der Waals surface area contributed by atoms with Gasteiger partial charge in [-0.15, -0.1) is 0 Å². The van der Waals surface area contributed by atoms with Crippen molar-refractivity contribution in [3.05, 3.63) is 48.7 Å². The first-order valence-electron chi connectivity index (χ1n) is 6.37. The highest BCUT2D eigenvalue weighted by Crippen LogP contribution is 2.23. The lowest BCUT2D eigenvalue weighted by atomic mass is 10.3. The fourth-order valence-electron chi connectivity index (χ4n) is 1.66. The van der Waals surface area contributed by atoms with E-state index in [4.69, 9.17) is 4.74 Å². The molecule has 1 heterocycles. The van der Waals surface area contributed by atoms with Crippen LogP contribution >= 0.6 is 0 Å². The van der Waals surface area contributed by atoms with E-state index in [1.807, 2.05) is 30.3 Å². The lowest BCUT2D eigenvalue weighted by Crippen LogP contribution is -2.20. The van der Waals surface area contributed by atoms with Gasteiger partial charge < -0.3 is 10.1 Å². The number of pyridine rings is 1. The molecule has 0 fully saturated rings. The lowest BCUT2D eigenvalue weighted by molar-refractivity contribution is 0.217. The summed E-state index contributed by atoms with van der Waals surface area (Å²) < 4.78 is 31.1. The van der Waals surface area contributed by atoms with Crippen molar-refractivity contribution in [2.45, 2.75) is 0 Å². The molecule has 0 saturated heterocycles. The zero-order chi connectivity index (χ0) is 15.1. The number of sulfonamides is 1. The summed E-state index contributed by atoms with van der Waals surface area (Å²) in [5, 5.41) is 3.08. The van der Waals surface area contributed by atoms with Gasteiger partial charge in [0.25, 0.3) is 0 Å². The van der Waals surface area contributed by atoms with Gasteiger partial charge in [0, 0.05) is 19.0 Å². The van der Waals surface area contributed by atoms with Gasteiger partial charge in [0.05, 0.1) is 18.0 Å². The molecule has 7 heteroatoms. The Morgan fingerprint density at radius 2 is 1.90 bits per heavy atom. The molecule has 2 rings (SSSR count). The maximum atomic E-state index is 11.9. The second kappa shape index (κ2) is 7.05. The maximum Gasteiger partial charge on any atom is 0.235 e. The fourth-order valence-corrected chi connectivity index (χ4v) is 2.64. The summed E-state index contributed by atoms with van der Waals surface area (Å²) in [6.45, 7) is 0.136. The number of para-hydroxylation sites is 1. The maximum absolute atomic E-state index is 11.9. The van der Waals surface area contributed by atoms with Gasteiger partial charge in [-0.25, -0.2) is 13.4 Å². The van der Waals surface area contributed by atoms with Crippen LogP contribution in [0.5, 0.6) is 0 Å². The molecule has 6 nitrogen and oxygen atoms in total. The lowest BCUT2D eigenvalue weighted by Gasteiger charge is -2.13. The largest absolute Gasteiger partial charge is 0.384 e. The number of benzene rings is 1. The van der Waals surface area contributed by atoms with E-state index in [-0.39, 0.29) is 12.4 Å². The summed E-state index contributed by atoms with van der Waals surface area (Å²) in [5.41, 5.74) is 1.23. The van der Waals surface area contributed by atoms with Crippen LogP contribution in [0.15, 0.2) is 48.7 Å². The minimum atomic E-state index is -3.47. The zero-order valence-corrected chi connectivity index (χ0v) is 12.4. The van der Waals surface area contributed by atoms with Gasteiger partial charge in [0.15, 0.2) is 5.82 Å². The smallest absolute Gasteiger partial charge is 0.235 e. The molecule has 0 aliphatic heterocycles. The molecule has 0 atom stereocenters. The van der Waals surface area contributed by atoms with E-state index in [0.717, 1.165) is 5.69 Å². The Bertz CT molecular complexity index is 675. The molecule has 0 saturated carbocycles. The van der Waals surface area contributed by atoms with E-state index in [1.165, 1.54) is 7.11 Å². The van der Waals surface area contributed by atoms with Crippen LogP contribution in [-0.2, 0) is 14.8 Å². The summed E-state index contributed by atoms with van der Waals surface area (Å²) in [6.07, 6.45) is 1.60. The summed E-state index contributed by atoms with van der Waals surface area (Å²) in [4.78, 5) is 4.17. The topological polar surface area (TPSA) is 80.3 Å². The predicted molar refractivity (Wildman–Crippen MR) is 83.2 cm³/mol. The third-order valence-electron chi connectivity index (χ3n) is 2.67. The summed E-state index contributed by atoms with van der Waals surface area (Å²) in [5.74, 6) is 0.341. The van der Waals surface area contributed by atoms with Crippen LogP contribution < -0.4 is 10.0 Å². The number of ether oxygens (including phenoxy) is 1. The molecule has 2 N–H and O–H groups in total. The molecule has 0 aliphatic carbocycles. The van der Waals surface area contributed by atoms with Gasteiger partial charge in [-0.2, -0.15) is 0 Å². The van der Waals surface area contributed by atoms with Crippen molar-refractivity contribution in [3.8, 4) is 0 Å². The normalized spacial score (nSPS) is 11.1. The average molecular weight is 307 g/mol. The molecule has 0 spiro atoms. The number of hydrogen-bond donors (Lipinski definition) is 2. The van der Waals surface area contributed by atoms with Crippen LogP contribution in [0.2, 0.25) is 0 Å². The van der Waals surface area contributed by atoms with Crippen LogP contribution in [0.25, 0.3) is 0 Å². The first-order valence-corrected chi connectivity index (χ1v) is 8.02. The van der Waals surface area contributed by atoms with E-state index in [9.17, 15) is 8.42 Å². The number of methoxy groups -OCH3 is 1. The number of rotatable bonds is 7. The summed E-state index contributed by atoms with van der Waals surface area (Å²) in [7, 11) is -2.01. The molecule has 0 unspecified atom stereocenters. The summed E-state index contributed by atoms with van der Waals surface area (Å²) >= 11 is 0. The Balaban J connectivity index is 2.17. The van der Waals surface area contributed by atoms with Crippen LogP contribution in [0.3, 0.4) is 0 Å². The van der Waals surface area contributed by atoms with Crippen LogP contribution in [-0.4, -0.2) is 32.9 Å². The minimum absolute atomic E-state index is 0.108. The molecule has 0 bridgehead atoms. The van der Waals surface area contributed by atoms with E-state index >= 15 is 0 Å². The van der Waals surface area contributed by atoms with Crippen molar-refractivity contribution < 1.29 is 13.2 Å². The zero-order valence-electron chi connectivity index (χ0n) is 11.6. The molecule has 112 valence electrons. The van der Waals surface area contributed by atoms with Gasteiger partial charge in [0.1, 0.15) is 0 Å². The highest BCUT2D eigenvalue weighted by atomic mass is 32.2. The molecule has 0 aliphatic rings. The van der Waals surface area contributed by atoms with Crippen molar-refractivity contribution in [1.82, 2.24) is 4.98 Å². The van der Waals surface area contributed by atoms with E-state index in [1.54, 1.807) is 18.3 Å². The number of anilines is 3.